The lowest BCUT2D eigenvalue weighted by Crippen LogP contribution is -2.23. The maximum atomic E-state index is 5.93. The van der Waals surface area contributed by atoms with Crippen LogP contribution in [0.5, 0.6) is 0 Å². The quantitative estimate of drug-likeness (QED) is 0.847. The van der Waals surface area contributed by atoms with Crippen molar-refractivity contribution in [3.05, 3.63) is 58.5 Å². The molecule has 1 heterocycles. The summed E-state index contributed by atoms with van der Waals surface area (Å²) in [6.07, 6.45) is 3.64. The molecule has 0 aliphatic rings. The summed E-state index contributed by atoms with van der Waals surface area (Å²) in [5.41, 5.74) is 2.54. The Labute approximate surface area is 119 Å². The molecule has 0 aliphatic heterocycles. The van der Waals surface area contributed by atoms with Gasteiger partial charge in [0.2, 0.25) is 0 Å². The van der Waals surface area contributed by atoms with Crippen molar-refractivity contribution < 1.29 is 4.42 Å². The Bertz CT molecular complexity index is 504. The third-order valence-electron chi connectivity index (χ3n) is 3.28. The minimum Gasteiger partial charge on any atom is -0.469 e. The molecule has 1 aromatic heterocycles. The first-order valence-corrected chi connectivity index (χ1v) is 7.16. The van der Waals surface area contributed by atoms with Crippen LogP contribution in [0.2, 0.25) is 5.02 Å². The molecule has 0 saturated heterocycles. The Kier molecular flexibility index (Phi) is 5.06. The summed E-state index contributed by atoms with van der Waals surface area (Å²) in [6.45, 7) is 5.18. The van der Waals surface area contributed by atoms with Gasteiger partial charge in [-0.05, 0) is 36.7 Å². The van der Waals surface area contributed by atoms with Crippen LogP contribution in [0.1, 0.15) is 36.8 Å². The van der Waals surface area contributed by atoms with E-state index in [9.17, 15) is 0 Å². The molecule has 2 nitrogen and oxygen atoms in total. The lowest BCUT2D eigenvalue weighted by molar-refractivity contribution is 0.487. The average molecular weight is 278 g/mol. The van der Waals surface area contributed by atoms with E-state index in [2.05, 4.69) is 37.4 Å². The fraction of sp³-hybridized carbons (Fsp3) is 0.375. The van der Waals surface area contributed by atoms with Crippen molar-refractivity contribution >= 4 is 11.6 Å². The summed E-state index contributed by atoms with van der Waals surface area (Å²) >= 11 is 5.93. The zero-order chi connectivity index (χ0) is 13.7. The van der Waals surface area contributed by atoms with Gasteiger partial charge in [0.15, 0.2) is 0 Å². The maximum absolute atomic E-state index is 5.93. The largest absolute Gasteiger partial charge is 0.469 e. The fourth-order valence-corrected chi connectivity index (χ4v) is 2.47. The number of rotatable bonds is 6. The predicted octanol–water partition coefficient (Wildman–Crippen LogP) is 4.39. The van der Waals surface area contributed by atoms with Crippen LogP contribution < -0.4 is 5.32 Å². The van der Waals surface area contributed by atoms with Gasteiger partial charge in [-0.1, -0.05) is 37.6 Å². The molecule has 0 bridgehead atoms. The first kappa shape index (κ1) is 14.2. The highest BCUT2D eigenvalue weighted by molar-refractivity contribution is 6.30. The Morgan fingerprint density at radius 3 is 2.53 bits per heavy atom. The second-order valence-electron chi connectivity index (χ2n) is 4.59. The van der Waals surface area contributed by atoms with Crippen molar-refractivity contribution in [1.29, 1.82) is 0 Å². The van der Waals surface area contributed by atoms with E-state index < -0.39 is 0 Å². The summed E-state index contributed by atoms with van der Waals surface area (Å²) in [5.74, 6) is 1.07. The number of halogens is 1. The molecule has 3 heteroatoms. The fourth-order valence-electron chi connectivity index (χ4n) is 2.34. The summed E-state index contributed by atoms with van der Waals surface area (Å²) in [4.78, 5) is 0. The van der Waals surface area contributed by atoms with Gasteiger partial charge in [-0.3, -0.25) is 0 Å². The number of hydrogen-bond donors (Lipinski definition) is 1. The molecule has 0 saturated carbocycles. The standard InChI is InChI=1S/C16H20ClNO/c1-3-16-14(9-10-19-16)15(18-4-2)11-12-5-7-13(17)8-6-12/h5-10,15,18H,3-4,11H2,1-2H3. The Balaban J connectivity index is 2.18. The van der Waals surface area contributed by atoms with Crippen LogP contribution in [-0.4, -0.2) is 6.54 Å². The van der Waals surface area contributed by atoms with E-state index in [1.54, 1.807) is 6.26 Å². The van der Waals surface area contributed by atoms with Gasteiger partial charge in [-0.25, -0.2) is 0 Å². The van der Waals surface area contributed by atoms with E-state index in [1.807, 2.05) is 12.1 Å². The number of aryl methyl sites for hydroxylation is 1. The predicted molar refractivity (Wildman–Crippen MR) is 79.7 cm³/mol. The zero-order valence-electron chi connectivity index (χ0n) is 11.4. The third kappa shape index (κ3) is 3.62. The number of nitrogens with one attached hydrogen (secondary N) is 1. The van der Waals surface area contributed by atoms with E-state index in [4.69, 9.17) is 16.0 Å². The Morgan fingerprint density at radius 1 is 1.16 bits per heavy atom. The Morgan fingerprint density at radius 2 is 1.89 bits per heavy atom. The van der Waals surface area contributed by atoms with Crippen LogP contribution in [0.25, 0.3) is 0 Å². The van der Waals surface area contributed by atoms with E-state index in [1.165, 1.54) is 11.1 Å². The molecule has 1 N–H and O–H groups in total. The molecule has 102 valence electrons. The second-order valence-corrected chi connectivity index (χ2v) is 5.03. The highest BCUT2D eigenvalue weighted by Gasteiger charge is 2.16. The Hall–Kier alpha value is -1.25. The third-order valence-corrected chi connectivity index (χ3v) is 3.53. The van der Waals surface area contributed by atoms with Gasteiger partial charge in [-0.2, -0.15) is 0 Å². The summed E-state index contributed by atoms with van der Waals surface area (Å²) in [6, 6.07) is 10.4. The van der Waals surface area contributed by atoms with Crippen LogP contribution in [0, 0.1) is 0 Å². The molecule has 19 heavy (non-hydrogen) atoms. The molecule has 0 fully saturated rings. The molecule has 2 aromatic rings. The first-order chi connectivity index (χ1) is 9.24. The summed E-state index contributed by atoms with van der Waals surface area (Å²) < 4.78 is 5.54. The van der Waals surface area contributed by atoms with E-state index in [0.29, 0.717) is 6.04 Å². The van der Waals surface area contributed by atoms with Crippen LogP contribution in [-0.2, 0) is 12.8 Å². The van der Waals surface area contributed by atoms with Crippen molar-refractivity contribution in [2.75, 3.05) is 6.54 Å². The lowest BCUT2D eigenvalue weighted by Gasteiger charge is -2.18. The SMILES string of the molecule is CCNC(Cc1ccc(Cl)cc1)c1ccoc1CC. The van der Waals surface area contributed by atoms with Crippen LogP contribution >= 0.6 is 11.6 Å². The molecule has 0 amide bonds. The van der Waals surface area contributed by atoms with Crippen molar-refractivity contribution in [3.8, 4) is 0 Å². The molecule has 0 aliphatic carbocycles. The summed E-state index contributed by atoms with van der Waals surface area (Å²) in [5, 5.41) is 4.31. The minimum absolute atomic E-state index is 0.292. The van der Waals surface area contributed by atoms with E-state index >= 15 is 0 Å². The van der Waals surface area contributed by atoms with Crippen molar-refractivity contribution in [3.63, 3.8) is 0 Å². The van der Waals surface area contributed by atoms with Gasteiger partial charge in [0.05, 0.1) is 6.26 Å². The molecular formula is C16H20ClNO. The topological polar surface area (TPSA) is 25.2 Å². The monoisotopic (exact) mass is 277 g/mol. The second kappa shape index (κ2) is 6.78. The molecule has 1 unspecified atom stereocenters. The number of likely N-dealkylation sites (N-methyl/N-ethyl adjacent to an activating group) is 1. The van der Waals surface area contributed by atoms with Gasteiger partial charge in [0.25, 0.3) is 0 Å². The van der Waals surface area contributed by atoms with Crippen LogP contribution in [0.15, 0.2) is 41.0 Å². The van der Waals surface area contributed by atoms with Crippen molar-refractivity contribution in [2.24, 2.45) is 0 Å². The number of hydrogen-bond acceptors (Lipinski definition) is 2. The van der Waals surface area contributed by atoms with Crippen LogP contribution in [0.3, 0.4) is 0 Å². The maximum Gasteiger partial charge on any atom is 0.108 e. The van der Waals surface area contributed by atoms with Gasteiger partial charge in [0, 0.05) is 23.0 Å². The summed E-state index contributed by atoms with van der Waals surface area (Å²) in [7, 11) is 0. The van der Waals surface area contributed by atoms with Gasteiger partial charge < -0.3 is 9.73 Å². The molecule has 2 rings (SSSR count). The highest BCUT2D eigenvalue weighted by atomic mass is 35.5. The molecule has 1 aromatic carbocycles. The van der Waals surface area contributed by atoms with Crippen molar-refractivity contribution in [1.82, 2.24) is 5.32 Å². The van der Waals surface area contributed by atoms with Crippen molar-refractivity contribution in [2.45, 2.75) is 32.7 Å². The smallest absolute Gasteiger partial charge is 0.108 e. The molecular weight excluding hydrogens is 258 g/mol. The minimum atomic E-state index is 0.292. The molecule has 1 atom stereocenters. The highest BCUT2D eigenvalue weighted by Crippen LogP contribution is 2.24. The number of benzene rings is 1. The number of furan rings is 1. The zero-order valence-corrected chi connectivity index (χ0v) is 12.2. The average Bonchev–Trinajstić information content (AvgIpc) is 2.89. The molecule has 0 radical (unpaired) electrons. The molecule has 0 spiro atoms. The van der Waals surface area contributed by atoms with Crippen LogP contribution in [0.4, 0.5) is 0 Å². The lowest BCUT2D eigenvalue weighted by atomic mass is 9.98. The van der Waals surface area contributed by atoms with Gasteiger partial charge in [-0.15, -0.1) is 0 Å². The normalized spacial score (nSPS) is 12.6. The van der Waals surface area contributed by atoms with E-state index in [-0.39, 0.29) is 0 Å². The first-order valence-electron chi connectivity index (χ1n) is 6.78. The van der Waals surface area contributed by atoms with Gasteiger partial charge >= 0.3 is 0 Å². The van der Waals surface area contributed by atoms with Gasteiger partial charge in [0.1, 0.15) is 5.76 Å². The van der Waals surface area contributed by atoms with E-state index in [0.717, 1.165) is 30.2 Å².